The Morgan fingerprint density at radius 1 is 1.17 bits per heavy atom. The monoisotopic (exact) mass is 333 g/mol. The number of nitrogens with one attached hydrogen (secondary N) is 1. The van der Waals surface area contributed by atoms with Crippen molar-refractivity contribution in [1.82, 2.24) is 0 Å². The van der Waals surface area contributed by atoms with Crippen molar-refractivity contribution in [3.63, 3.8) is 0 Å². The predicted molar refractivity (Wildman–Crippen MR) is 91.8 cm³/mol. The number of aliphatic hydroxyl groups excluding tert-OH is 1. The maximum absolute atomic E-state index is 11.6. The number of hydrogen-bond acceptors (Lipinski definition) is 3. The Kier molecular flexibility index (Phi) is 6.02. The number of benzene rings is 2. The average molecular weight is 334 g/mol. The topological polar surface area (TPSA) is 58.6 Å². The lowest BCUT2D eigenvalue weighted by Gasteiger charge is -2.14. The van der Waals surface area contributed by atoms with Gasteiger partial charge in [-0.15, -0.1) is 0 Å². The third kappa shape index (κ3) is 4.98. The van der Waals surface area contributed by atoms with Crippen molar-refractivity contribution in [3.05, 3.63) is 59.1 Å². The molecule has 23 heavy (non-hydrogen) atoms. The van der Waals surface area contributed by atoms with Crippen molar-refractivity contribution >= 4 is 23.2 Å². The van der Waals surface area contributed by atoms with Crippen LogP contribution in [0.1, 0.15) is 25.5 Å². The van der Waals surface area contributed by atoms with Gasteiger partial charge in [0.05, 0.1) is 0 Å². The van der Waals surface area contributed by atoms with Gasteiger partial charge in [0.1, 0.15) is 18.5 Å². The van der Waals surface area contributed by atoms with Gasteiger partial charge in [0.2, 0.25) is 5.91 Å². The Labute approximate surface area is 141 Å². The molecule has 1 atom stereocenters. The number of carbonyl (C=O) groups is 1. The Bertz CT molecular complexity index is 656. The van der Waals surface area contributed by atoms with Crippen molar-refractivity contribution in [2.24, 2.45) is 5.92 Å². The van der Waals surface area contributed by atoms with Crippen molar-refractivity contribution in [2.45, 2.75) is 20.0 Å². The van der Waals surface area contributed by atoms with Crippen molar-refractivity contribution in [2.75, 3.05) is 11.9 Å². The van der Waals surface area contributed by atoms with E-state index in [1.807, 2.05) is 26.0 Å². The zero-order chi connectivity index (χ0) is 16.8. The van der Waals surface area contributed by atoms with Crippen LogP contribution in [0, 0.1) is 5.92 Å². The molecule has 2 aromatic rings. The maximum atomic E-state index is 11.6. The molecule has 2 N–H and O–H groups in total. The fourth-order valence-corrected chi connectivity index (χ4v) is 2.19. The van der Waals surface area contributed by atoms with Gasteiger partial charge >= 0.3 is 0 Å². The lowest BCUT2D eigenvalue weighted by Crippen LogP contribution is -2.17. The predicted octanol–water partition coefficient (Wildman–Crippen LogP) is 4.05. The maximum Gasteiger partial charge on any atom is 0.226 e. The van der Waals surface area contributed by atoms with Crippen LogP contribution in [-0.2, 0) is 4.79 Å². The molecule has 0 aliphatic heterocycles. The summed E-state index contributed by atoms with van der Waals surface area (Å²) in [5, 5.41) is 13.4. The first kappa shape index (κ1) is 17.3. The number of ether oxygens (including phenoxy) is 1. The van der Waals surface area contributed by atoms with Crippen molar-refractivity contribution in [1.29, 1.82) is 0 Å². The van der Waals surface area contributed by atoms with Crippen LogP contribution in [-0.4, -0.2) is 17.6 Å². The van der Waals surface area contributed by atoms with E-state index < -0.39 is 6.10 Å². The van der Waals surface area contributed by atoms with Gasteiger partial charge in [0.25, 0.3) is 0 Å². The van der Waals surface area contributed by atoms with Crippen LogP contribution in [0.25, 0.3) is 0 Å². The fraction of sp³-hybridized carbons (Fsp3) is 0.278. The summed E-state index contributed by atoms with van der Waals surface area (Å²) in [6.45, 7) is 3.77. The minimum atomic E-state index is -0.802. The van der Waals surface area contributed by atoms with E-state index in [1.54, 1.807) is 36.4 Å². The number of rotatable bonds is 6. The molecule has 5 heteroatoms. The molecule has 0 radical (unpaired) electrons. The highest BCUT2D eigenvalue weighted by atomic mass is 35.5. The van der Waals surface area contributed by atoms with Crippen LogP contribution in [0.3, 0.4) is 0 Å². The molecule has 0 fully saturated rings. The van der Waals surface area contributed by atoms with Crippen LogP contribution in [0.5, 0.6) is 5.75 Å². The van der Waals surface area contributed by atoms with Crippen LogP contribution < -0.4 is 10.1 Å². The highest BCUT2D eigenvalue weighted by molar-refractivity contribution is 6.31. The van der Waals surface area contributed by atoms with Gasteiger partial charge in [-0.2, -0.15) is 0 Å². The summed E-state index contributed by atoms with van der Waals surface area (Å²) >= 11 is 6.04. The molecule has 1 unspecified atom stereocenters. The van der Waals surface area contributed by atoms with E-state index in [1.165, 1.54) is 0 Å². The number of anilines is 1. The number of halogens is 1. The first-order valence-corrected chi connectivity index (χ1v) is 7.81. The molecule has 0 saturated carbocycles. The summed E-state index contributed by atoms with van der Waals surface area (Å²) < 4.78 is 5.56. The summed E-state index contributed by atoms with van der Waals surface area (Å²) in [5.74, 6) is 0.503. The van der Waals surface area contributed by atoms with Gasteiger partial charge in [0, 0.05) is 22.2 Å². The molecule has 0 bridgehead atoms. The number of aliphatic hydroxyl groups is 1. The number of amides is 1. The van der Waals surface area contributed by atoms with Gasteiger partial charge in [-0.1, -0.05) is 43.6 Å². The molecular weight excluding hydrogens is 314 g/mol. The van der Waals surface area contributed by atoms with Gasteiger partial charge < -0.3 is 15.2 Å². The van der Waals surface area contributed by atoms with E-state index in [9.17, 15) is 9.90 Å². The van der Waals surface area contributed by atoms with E-state index in [0.717, 1.165) is 0 Å². The second-order valence-corrected chi connectivity index (χ2v) is 5.92. The molecular formula is C18H20ClNO3. The summed E-state index contributed by atoms with van der Waals surface area (Å²) in [6, 6.07) is 14.1. The van der Waals surface area contributed by atoms with Gasteiger partial charge in [-0.3, -0.25) is 4.79 Å². The summed E-state index contributed by atoms with van der Waals surface area (Å²) in [5.41, 5.74) is 1.35. The normalized spacial score (nSPS) is 12.0. The molecule has 4 nitrogen and oxygen atoms in total. The average Bonchev–Trinajstić information content (AvgIpc) is 2.54. The van der Waals surface area contributed by atoms with Crippen molar-refractivity contribution in [3.8, 4) is 5.75 Å². The lowest BCUT2D eigenvalue weighted by atomic mass is 10.1. The summed E-state index contributed by atoms with van der Waals surface area (Å²) in [4.78, 5) is 11.6. The van der Waals surface area contributed by atoms with Crippen LogP contribution in [0.15, 0.2) is 48.5 Å². The molecule has 0 aromatic heterocycles. The third-order valence-electron chi connectivity index (χ3n) is 3.32. The first-order chi connectivity index (χ1) is 11.0. The molecule has 0 aliphatic carbocycles. The minimum absolute atomic E-state index is 0.0344. The van der Waals surface area contributed by atoms with Crippen LogP contribution in [0.2, 0.25) is 5.02 Å². The zero-order valence-electron chi connectivity index (χ0n) is 13.1. The molecule has 0 aliphatic rings. The van der Waals surface area contributed by atoms with Gasteiger partial charge in [-0.25, -0.2) is 0 Å². The Morgan fingerprint density at radius 2 is 1.83 bits per heavy atom. The summed E-state index contributed by atoms with van der Waals surface area (Å²) in [6.07, 6.45) is -0.802. The molecule has 122 valence electrons. The first-order valence-electron chi connectivity index (χ1n) is 7.43. The lowest BCUT2D eigenvalue weighted by molar-refractivity contribution is -0.118. The number of hydrogen-bond donors (Lipinski definition) is 2. The van der Waals surface area contributed by atoms with E-state index in [2.05, 4.69) is 5.32 Å². The zero-order valence-corrected chi connectivity index (χ0v) is 13.9. The molecule has 2 rings (SSSR count). The Hall–Kier alpha value is -2.04. The van der Waals surface area contributed by atoms with E-state index in [-0.39, 0.29) is 18.4 Å². The van der Waals surface area contributed by atoms with E-state index in [0.29, 0.717) is 22.0 Å². The van der Waals surface area contributed by atoms with Gasteiger partial charge in [-0.05, 0) is 30.3 Å². The second kappa shape index (κ2) is 7.99. The molecule has 2 aromatic carbocycles. The summed E-state index contributed by atoms with van der Waals surface area (Å²) in [7, 11) is 0. The van der Waals surface area contributed by atoms with E-state index in [4.69, 9.17) is 16.3 Å². The SMILES string of the molecule is CC(C)C(=O)Nc1ccc(OCC(O)c2ccccc2Cl)cc1. The molecule has 0 saturated heterocycles. The Morgan fingerprint density at radius 3 is 2.43 bits per heavy atom. The van der Waals surface area contributed by atoms with Crippen molar-refractivity contribution < 1.29 is 14.6 Å². The largest absolute Gasteiger partial charge is 0.491 e. The highest BCUT2D eigenvalue weighted by Gasteiger charge is 2.12. The second-order valence-electron chi connectivity index (χ2n) is 5.52. The smallest absolute Gasteiger partial charge is 0.226 e. The molecule has 1 amide bonds. The third-order valence-corrected chi connectivity index (χ3v) is 3.66. The molecule has 0 heterocycles. The minimum Gasteiger partial charge on any atom is -0.491 e. The fourth-order valence-electron chi connectivity index (χ4n) is 1.93. The number of carbonyl (C=O) groups excluding carboxylic acids is 1. The van der Waals surface area contributed by atoms with E-state index >= 15 is 0 Å². The van der Waals surface area contributed by atoms with Crippen LogP contribution >= 0.6 is 11.6 Å². The van der Waals surface area contributed by atoms with Crippen LogP contribution in [0.4, 0.5) is 5.69 Å². The molecule has 0 spiro atoms. The van der Waals surface area contributed by atoms with Gasteiger partial charge in [0.15, 0.2) is 0 Å². The Balaban J connectivity index is 1.91. The quantitative estimate of drug-likeness (QED) is 0.838. The standard InChI is InChI=1S/C18H20ClNO3/c1-12(2)18(22)20-13-7-9-14(10-8-13)23-11-17(21)15-5-3-4-6-16(15)19/h3-10,12,17,21H,11H2,1-2H3,(H,20,22). The highest BCUT2D eigenvalue weighted by Crippen LogP contribution is 2.24.